The van der Waals surface area contributed by atoms with Crippen molar-refractivity contribution in [3.63, 3.8) is 0 Å². The van der Waals surface area contributed by atoms with Gasteiger partial charge in [-0.1, -0.05) is 20.3 Å². The van der Waals surface area contributed by atoms with Crippen molar-refractivity contribution >= 4 is 21.7 Å². The highest BCUT2D eigenvalue weighted by Crippen LogP contribution is 2.24. The first-order valence-electron chi connectivity index (χ1n) is 7.60. The monoisotopic (exact) mass is 316 g/mol. The molecular formula is C14H24N2O4S. The van der Waals surface area contributed by atoms with Crippen molar-refractivity contribution < 1.29 is 18.0 Å². The highest BCUT2D eigenvalue weighted by Gasteiger charge is 2.43. The van der Waals surface area contributed by atoms with Crippen molar-refractivity contribution in [1.82, 2.24) is 10.2 Å². The molecule has 2 fully saturated rings. The number of carbonyl (C=O) groups excluding carboxylic acids is 2. The van der Waals surface area contributed by atoms with Crippen LogP contribution in [-0.2, 0) is 19.4 Å². The van der Waals surface area contributed by atoms with E-state index in [1.54, 1.807) is 6.92 Å². The summed E-state index contributed by atoms with van der Waals surface area (Å²) >= 11 is 0. The zero-order chi connectivity index (χ0) is 15.8. The van der Waals surface area contributed by atoms with E-state index in [0.717, 1.165) is 6.42 Å². The van der Waals surface area contributed by atoms with Gasteiger partial charge < -0.3 is 10.2 Å². The predicted molar refractivity (Wildman–Crippen MR) is 79.4 cm³/mol. The van der Waals surface area contributed by atoms with E-state index in [-0.39, 0.29) is 30.0 Å². The summed E-state index contributed by atoms with van der Waals surface area (Å²) < 4.78 is 23.9. The fourth-order valence-electron chi connectivity index (χ4n) is 3.00. The van der Waals surface area contributed by atoms with Crippen LogP contribution in [0.25, 0.3) is 0 Å². The van der Waals surface area contributed by atoms with Gasteiger partial charge in [0.05, 0.1) is 11.0 Å². The lowest BCUT2D eigenvalue weighted by Crippen LogP contribution is -2.65. The summed E-state index contributed by atoms with van der Waals surface area (Å²) in [6.07, 6.45) is 2.00. The first-order chi connectivity index (χ1) is 9.77. The lowest BCUT2D eigenvalue weighted by molar-refractivity contribution is -0.150. The second-order valence-corrected chi connectivity index (χ2v) is 8.57. The number of amides is 2. The van der Waals surface area contributed by atoms with Gasteiger partial charge in [-0.2, -0.15) is 0 Å². The molecular weight excluding hydrogens is 292 g/mol. The molecule has 0 saturated carbocycles. The van der Waals surface area contributed by atoms with E-state index in [2.05, 4.69) is 5.32 Å². The Hall–Kier alpha value is -1.11. The molecule has 2 aliphatic heterocycles. The first kappa shape index (κ1) is 16.3. The van der Waals surface area contributed by atoms with Crippen LogP contribution in [0, 0.1) is 5.92 Å². The second kappa shape index (κ2) is 5.94. The summed E-state index contributed by atoms with van der Waals surface area (Å²) in [6.45, 7) is 5.68. The Labute approximate surface area is 126 Å². The quantitative estimate of drug-likeness (QED) is 0.810. The number of piperazine rings is 1. The van der Waals surface area contributed by atoms with Crippen LogP contribution in [0.15, 0.2) is 0 Å². The third-order valence-corrected chi connectivity index (χ3v) is 7.03. The zero-order valence-corrected chi connectivity index (χ0v) is 13.6. The van der Waals surface area contributed by atoms with E-state index < -0.39 is 27.2 Å². The Morgan fingerprint density at radius 1 is 1.38 bits per heavy atom. The number of hydrogen-bond acceptors (Lipinski definition) is 4. The maximum absolute atomic E-state index is 12.6. The van der Waals surface area contributed by atoms with Crippen LogP contribution in [0.2, 0.25) is 0 Å². The molecule has 6 nitrogen and oxygen atoms in total. The van der Waals surface area contributed by atoms with Crippen molar-refractivity contribution in [2.45, 2.75) is 57.4 Å². The SMILES string of the molecule is CCC(C)C1NC(=O)C(C)N(CC2CCCS2(=O)=O)C1=O. The summed E-state index contributed by atoms with van der Waals surface area (Å²) in [5.41, 5.74) is 0. The molecule has 0 spiro atoms. The van der Waals surface area contributed by atoms with E-state index in [1.165, 1.54) is 4.90 Å². The highest BCUT2D eigenvalue weighted by atomic mass is 32.2. The Balaban J connectivity index is 2.19. The van der Waals surface area contributed by atoms with Crippen LogP contribution >= 0.6 is 0 Å². The standard InChI is InChI=1S/C14H24N2O4S/c1-4-9(2)12-14(18)16(10(3)13(17)15-12)8-11-6-5-7-21(11,19)20/h9-12H,4-8H2,1-3H3,(H,15,17). The van der Waals surface area contributed by atoms with Gasteiger partial charge >= 0.3 is 0 Å². The molecule has 0 aromatic rings. The molecule has 4 atom stereocenters. The van der Waals surface area contributed by atoms with Crippen LogP contribution in [-0.4, -0.2) is 54.8 Å². The molecule has 7 heteroatoms. The summed E-state index contributed by atoms with van der Waals surface area (Å²) in [5, 5.41) is 2.24. The van der Waals surface area contributed by atoms with Crippen LogP contribution in [0.4, 0.5) is 0 Å². The second-order valence-electron chi connectivity index (χ2n) is 6.17. The average molecular weight is 316 g/mol. The molecule has 0 bridgehead atoms. The predicted octanol–water partition coefficient (Wildman–Crippen LogP) is 0.325. The molecule has 0 aliphatic carbocycles. The topological polar surface area (TPSA) is 83.6 Å². The van der Waals surface area contributed by atoms with Crippen molar-refractivity contribution in [3.8, 4) is 0 Å². The minimum atomic E-state index is -3.12. The average Bonchev–Trinajstić information content (AvgIpc) is 2.77. The van der Waals surface area contributed by atoms with E-state index in [1.807, 2.05) is 13.8 Å². The number of sulfone groups is 1. The number of rotatable bonds is 4. The van der Waals surface area contributed by atoms with Crippen LogP contribution in [0.3, 0.4) is 0 Å². The van der Waals surface area contributed by atoms with Gasteiger partial charge in [-0.25, -0.2) is 8.42 Å². The van der Waals surface area contributed by atoms with Gasteiger partial charge in [0, 0.05) is 6.54 Å². The zero-order valence-electron chi connectivity index (χ0n) is 12.8. The van der Waals surface area contributed by atoms with Gasteiger partial charge in [-0.05, 0) is 25.7 Å². The maximum atomic E-state index is 12.6. The first-order valence-corrected chi connectivity index (χ1v) is 9.32. The molecule has 2 saturated heterocycles. The number of nitrogens with one attached hydrogen (secondary N) is 1. The van der Waals surface area contributed by atoms with E-state index in [0.29, 0.717) is 12.8 Å². The molecule has 0 radical (unpaired) electrons. The van der Waals surface area contributed by atoms with Gasteiger partial charge in [0.2, 0.25) is 11.8 Å². The molecule has 120 valence electrons. The Kier molecular flexibility index (Phi) is 4.60. The Morgan fingerprint density at radius 3 is 2.57 bits per heavy atom. The summed E-state index contributed by atoms with van der Waals surface area (Å²) in [6, 6.07) is -1.14. The number of carbonyl (C=O) groups is 2. The van der Waals surface area contributed by atoms with Gasteiger partial charge in [-0.3, -0.25) is 9.59 Å². The van der Waals surface area contributed by atoms with E-state index in [9.17, 15) is 18.0 Å². The smallest absolute Gasteiger partial charge is 0.246 e. The van der Waals surface area contributed by atoms with E-state index in [4.69, 9.17) is 0 Å². The van der Waals surface area contributed by atoms with E-state index >= 15 is 0 Å². The minimum Gasteiger partial charge on any atom is -0.342 e. The molecule has 21 heavy (non-hydrogen) atoms. The number of hydrogen-bond donors (Lipinski definition) is 1. The fourth-order valence-corrected chi connectivity index (χ4v) is 4.81. The Morgan fingerprint density at radius 2 is 2.05 bits per heavy atom. The molecule has 0 aromatic heterocycles. The molecule has 4 unspecified atom stereocenters. The third-order valence-electron chi connectivity index (χ3n) is 4.77. The highest BCUT2D eigenvalue weighted by molar-refractivity contribution is 7.92. The molecule has 1 N–H and O–H groups in total. The third kappa shape index (κ3) is 3.07. The molecule has 2 rings (SSSR count). The maximum Gasteiger partial charge on any atom is 0.246 e. The van der Waals surface area contributed by atoms with Crippen LogP contribution in [0.5, 0.6) is 0 Å². The van der Waals surface area contributed by atoms with Gasteiger partial charge in [0.1, 0.15) is 12.1 Å². The lowest BCUT2D eigenvalue weighted by Gasteiger charge is -2.40. The normalized spacial score (nSPS) is 33.9. The van der Waals surface area contributed by atoms with Crippen molar-refractivity contribution in [3.05, 3.63) is 0 Å². The minimum absolute atomic E-state index is 0.0386. The number of nitrogens with zero attached hydrogens (tertiary/aromatic N) is 1. The van der Waals surface area contributed by atoms with Crippen molar-refractivity contribution in [1.29, 1.82) is 0 Å². The molecule has 2 amide bonds. The van der Waals surface area contributed by atoms with Crippen LogP contribution < -0.4 is 5.32 Å². The molecule has 2 heterocycles. The van der Waals surface area contributed by atoms with Crippen LogP contribution in [0.1, 0.15) is 40.0 Å². The fraction of sp³-hybridized carbons (Fsp3) is 0.857. The van der Waals surface area contributed by atoms with Gasteiger partial charge in [-0.15, -0.1) is 0 Å². The molecule has 0 aromatic carbocycles. The van der Waals surface area contributed by atoms with Gasteiger partial charge in [0.15, 0.2) is 9.84 Å². The summed E-state index contributed by atoms with van der Waals surface area (Å²) in [7, 11) is -3.12. The lowest BCUT2D eigenvalue weighted by atomic mass is 9.94. The van der Waals surface area contributed by atoms with Crippen molar-refractivity contribution in [2.24, 2.45) is 5.92 Å². The Bertz CT molecular complexity index is 531. The van der Waals surface area contributed by atoms with Gasteiger partial charge in [0.25, 0.3) is 0 Å². The summed E-state index contributed by atoms with van der Waals surface area (Å²) in [4.78, 5) is 26.1. The molecule has 2 aliphatic rings. The van der Waals surface area contributed by atoms with Crippen molar-refractivity contribution in [2.75, 3.05) is 12.3 Å². The largest absolute Gasteiger partial charge is 0.342 e. The summed E-state index contributed by atoms with van der Waals surface area (Å²) in [5.74, 6) is -0.125.